The molecule has 7 nitrogen and oxygen atoms in total. The maximum absolute atomic E-state index is 13.2. The van der Waals surface area contributed by atoms with Crippen LogP contribution in [0.15, 0.2) is 51.6 Å². The highest BCUT2D eigenvalue weighted by atomic mass is 16.7. The van der Waals surface area contributed by atoms with E-state index in [-0.39, 0.29) is 30.3 Å². The van der Waals surface area contributed by atoms with Crippen molar-refractivity contribution in [1.29, 1.82) is 0 Å². The second-order valence-corrected chi connectivity index (χ2v) is 6.93. The summed E-state index contributed by atoms with van der Waals surface area (Å²) < 4.78 is 17.3. The van der Waals surface area contributed by atoms with E-state index in [0.29, 0.717) is 36.0 Å². The topological polar surface area (TPSA) is 98.0 Å². The summed E-state index contributed by atoms with van der Waals surface area (Å²) in [6.07, 6.45) is 8.55. The molecule has 0 saturated heterocycles. The van der Waals surface area contributed by atoms with Crippen LogP contribution < -0.4 is 10.7 Å². The summed E-state index contributed by atoms with van der Waals surface area (Å²) in [5.74, 6) is 1.13. The number of ether oxygens (including phenoxy) is 2. The highest BCUT2D eigenvalue weighted by Gasteiger charge is 2.39. The summed E-state index contributed by atoms with van der Waals surface area (Å²) in [6.45, 7) is 2.23. The van der Waals surface area contributed by atoms with Crippen molar-refractivity contribution >= 4 is 16.9 Å². The largest absolute Gasteiger partial charge is 0.464 e. The maximum atomic E-state index is 13.2. The van der Waals surface area contributed by atoms with Crippen LogP contribution in [0.25, 0.3) is 11.0 Å². The zero-order chi connectivity index (χ0) is 21.5. The summed E-state index contributed by atoms with van der Waals surface area (Å²) in [7, 11) is 0. The number of allylic oxidation sites excluding steroid dienone is 1. The number of carbonyl (C=O) groups excluding carboxylic acids is 1. The van der Waals surface area contributed by atoms with Crippen LogP contribution in [0.4, 0.5) is 0 Å². The fourth-order valence-electron chi connectivity index (χ4n) is 3.66. The first-order valence-electron chi connectivity index (χ1n) is 9.93. The number of rotatable bonds is 8. The molecular weight excluding hydrogens is 386 g/mol. The smallest absolute Gasteiger partial charge is 0.286 e. The second-order valence-electron chi connectivity index (χ2n) is 6.93. The van der Waals surface area contributed by atoms with Crippen LogP contribution in [0, 0.1) is 18.3 Å². The summed E-state index contributed by atoms with van der Waals surface area (Å²) in [5.41, 5.74) is 0.724. The first-order chi connectivity index (χ1) is 14.6. The number of fused-ring (bicyclic) bond motifs is 1. The Kier molecular flexibility index (Phi) is 7.28. The Balaban J connectivity index is 2.09. The van der Waals surface area contributed by atoms with E-state index in [9.17, 15) is 14.7 Å². The van der Waals surface area contributed by atoms with Gasteiger partial charge < -0.3 is 24.3 Å². The van der Waals surface area contributed by atoms with Crippen LogP contribution >= 0.6 is 0 Å². The quantitative estimate of drug-likeness (QED) is 0.647. The minimum Gasteiger partial charge on any atom is -0.464 e. The average molecular weight is 411 g/mol. The number of para-hydroxylation sites is 1. The number of carbonyl (C=O) groups is 1. The Bertz CT molecular complexity index is 1020. The Labute approximate surface area is 174 Å². The number of aliphatic hydroxyl groups is 1. The molecule has 1 aromatic heterocycles. The Morgan fingerprint density at radius 2 is 2.17 bits per heavy atom. The van der Waals surface area contributed by atoms with Gasteiger partial charge in [0.25, 0.3) is 5.91 Å². The monoisotopic (exact) mass is 411 g/mol. The SMILES string of the molecule is C#CCNC(=O)C1=C[C@H](c2coc3ccccc3c2=O)[C@H](CCCO)[C@H](OCC)O1. The van der Waals surface area contributed by atoms with Crippen LogP contribution in [0.3, 0.4) is 0 Å². The molecule has 1 aliphatic rings. The highest BCUT2D eigenvalue weighted by Crippen LogP contribution is 2.38. The first-order valence-corrected chi connectivity index (χ1v) is 9.93. The predicted molar refractivity (Wildman–Crippen MR) is 111 cm³/mol. The van der Waals surface area contributed by atoms with Crippen LogP contribution in [0.1, 0.15) is 31.2 Å². The maximum Gasteiger partial charge on any atom is 0.286 e. The van der Waals surface area contributed by atoms with Gasteiger partial charge in [-0.15, -0.1) is 6.42 Å². The molecule has 0 unspecified atom stereocenters. The van der Waals surface area contributed by atoms with E-state index >= 15 is 0 Å². The summed E-state index contributed by atoms with van der Waals surface area (Å²) >= 11 is 0. The third-order valence-electron chi connectivity index (χ3n) is 5.05. The molecule has 3 atom stereocenters. The van der Waals surface area contributed by atoms with Gasteiger partial charge in [0.2, 0.25) is 6.29 Å². The molecule has 0 spiro atoms. The van der Waals surface area contributed by atoms with Crippen LogP contribution in [-0.2, 0) is 14.3 Å². The molecular formula is C23H25NO6. The van der Waals surface area contributed by atoms with Gasteiger partial charge in [0, 0.05) is 30.6 Å². The van der Waals surface area contributed by atoms with Crippen LogP contribution in [-0.4, -0.2) is 37.1 Å². The minimum atomic E-state index is -0.756. The lowest BCUT2D eigenvalue weighted by Gasteiger charge is -2.36. The minimum absolute atomic E-state index is 0.00633. The molecule has 1 aliphatic heterocycles. The summed E-state index contributed by atoms with van der Waals surface area (Å²) in [5, 5.41) is 12.4. The van der Waals surface area contributed by atoms with Crippen molar-refractivity contribution in [1.82, 2.24) is 5.32 Å². The van der Waals surface area contributed by atoms with Crippen molar-refractivity contribution in [3.63, 3.8) is 0 Å². The van der Waals surface area contributed by atoms with Crippen molar-refractivity contribution in [2.45, 2.75) is 32.0 Å². The van der Waals surface area contributed by atoms with Gasteiger partial charge in [0.1, 0.15) is 5.58 Å². The van der Waals surface area contributed by atoms with Crippen molar-refractivity contribution < 1.29 is 23.8 Å². The van der Waals surface area contributed by atoms with E-state index in [0.717, 1.165) is 0 Å². The fraction of sp³-hybridized carbons (Fsp3) is 0.391. The molecule has 158 valence electrons. The molecule has 1 aromatic carbocycles. The molecule has 0 aliphatic carbocycles. The fourth-order valence-corrected chi connectivity index (χ4v) is 3.66. The molecule has 3 rings (SSSR count). The van der Waals surface area contributed by atoms with E-state index in [4.69, 9.17) is 20.3 Å². The lowest BCUT2D eigenvalue weighted by atomic mass is 9.81. The Morgan fingerprint density at radius 1 is 1.37 bits per heavy atom. The Hall–Kier alpha value is -3.08. The zero-order valence-electron chi connectivity index (χ0n) is 16.8. The molecule has 0 radical (unpaired) electrons. The number of hydrogen-bond acceptors (Lipinski definition) is 6. The lowest BCUT2D eigenvalue weighted by molar-refractivity contribution is -0.166. The van der Waals surface area contributed by atoms with Crippen molar-refractivity contribution in [2.75, 3.05) is 19.8 Å². The van der Waals surface area contributed by atoms with Crippen LogP contribution in [0.2, 0.25) is 0 Å². The molecule has 2 N–H and O–H groups in total. The zero-order valence-corrected chi connectivity index (χ0v) is 16.8. The lowest BCUT2D eigenvalue weighted by Crippen LogP contribution is -2.40. The molecule has 30 heavy (non-hydrogen) atoms. The third kappa shape index (κ3) is 4.56. The molecule has 0 bridgehead atoms. The van der Waals surface area contributed by atoms with Gasteiger partial charge >= 0.3 is 0 Å². The standard InChI is InChI=1S/C23H25NO6/c1-3-11-24-22(27)20-13-17(15(9-7-12-25)23(30-20)28-4-2)18-14-29-19-10-6-5-8-16(19)21(18)26/h1,5-6,8,10,13-15,17,23,25H,4,7,9,11-12H2,2H3,(H,24,27)/t15-,17-,23+/m0/s1. The van der Waals surface area contributed by atoms with E-state index in [2.05, 4.69) is 11.2 Å². The molecule has 0 saturated carbocycles. The van der Waals surface area contributed by atoms with Gasteiger partial charge in [0.15, 0.2) is 11.2 Å². The average Bonchev–Trinajstić information content (AvgIpc) is 2.77. The van der Waals surface area contributed by atoms with Crippen LogP contribution in [0.5, 0.6) is 0 Å². The number of amides is 1. The molecule has 7 heteroatoms. The van der Waals surface area contributed by atoms with E-state index in [1.807, 2.05) is 6.92 Å². The molecule has 0 fully saturated rings. The number of terminal acetylenes is 1. The highest BCUT2D eigenvalue weighted by molar-refractivity contribution is 5.92. The van der Waals surface area contributed by atoms with E-state index in [1.165, 1.54) is 6.26 Å². The molecule has 2 heterocycles. The number of hydrogen-bond donors (Lipinski definition) is 2. The van der Waals surface area contributed by atoms with Gasteiger partial charge in [-0.2, -0.15) is 0 Å². The predicted octanol–water partition coefficient (Wildman–Crippen LogP) is 2.29. The van der Waals surface area contributed by atoms with Gasteiger partial charge in [-0.05, 0) is 38.0 Å². The number of nitrogens with one attached hydrogen (secondary N) is 1. The van der Waals surface area contributed by atoms with Gasteiger partial charge in [-0.3, -0.25) is 9.59 Å². The van der Waals surface area contributed by atoms with Gasteiger partial charge in [0.05, 0.1) is 18.2 Å². The molecule has 2 aromatic rings. The third-order valence-corrected chi connectivity index (χ3v) is 5.05. The molecule has 1 amide bonds. The van der Waals surface area contributed by atoms with Gasteiger partial charge in [-0.1, -0.05) is 18.1 Å². The van der Waals surface area contributed by atoms with Crippen molar-refractivity contribution in [3.8, 4) is 12.3 Å². The number of aliphatic hydroxyl groups excluding tert-OH is 1. The number of benzene rings is 1. The van der Waals surface area contributed by atoms with Crippen molar-refractivity contribution in [2.24, 2.45) is 5.92 Å². The summed E-state index contributed by atoms with van der Waals surface area (Å²) in [4.78, 5) is 25.7. The van der Waals surface area contributed by atoms with E-state index < -0.39 is 18.1 Å². The van der Waals surface area contributed by atoms with Crippen molar-refractivity contribution in [3.05, 3.63) is 58.2 Å². The second kappa shape index (κ2) is 10.1. The van der Waals surface area contributed by atoms with E-state index in [1.54, 1.807) is 30.3 Å². The summed E-state index contributed by atoms with van der Waals surface area (Å²) in [6, 6.07) is 7.00. The Morgan fingerprint density at radius 3 is 2.90 bits per heavy atom. The van der Waals surface area contributed by atoms with Gasteiger partial charge in [-0.25, -0.2) is 0 Å². The first kappa shape index (κ1) is 21.6. The normalized spacial score (nSPS) is 20.8.